The van der Waals surface area contributed by atoms with Crippen LogP contribution in [-0.2, 0) is 51.4 Å². The highest BCUT2D eigenvalue weighted by Gasteiger charge is 2.14. The molecule has 0 N–H and O–H groups in total. The summed E-state index contributed by atoms with van der Waals surface area (Å²) < 4.78 is 0. The summed E-state index contributed by atoms with van der Waals surface area (Å²) in [7, 11) is 0. The van der Waals surface area contributed by atoms with Crippen molar-refractivity contribution in [2.75, 3.05) is 0 Å². The summed E-state index contributed by atoms with van der Waals surface area (Å²) in [4.78, 5) is 41.8. The summed E-state index contributed by atoms with van der Waals surface area (Å²) in [6.45, 7) is 0. The fourth-order valence-electron chi connectivity index (χ4n) is 9.53. The molecule has 13 rings (SSSR count). The average Bonchev–Trinajstić information content (AvgIpc) is 3.35. The summed E-state index contributed by atoms with van der Waals surface area (Å²) in [5.41, 5.74) is 15.7. The SMILES string of the molecule is c1cc2ccc3ccc4nc3c2nc1CCc1ccc2ccc3ccc(nc3c2n1)CCc1ccc2ccc3ccc(nc3c2n1)CCc1ccc2ccc3ccc(nc3c2n1)CC4. The van der Waals surface area contributed by atoms with Crippen molar-refractivity contribution < 1.29 is 0 Å². The van der Waals surface area contributed by atoms with Crippen molar-refractivity contribution >= 4 is 87.2 Å². The van der Waals surface area contributed by atoms with E-state index in [2.05, 4.69) is 146 Å². The first-order chi connectivity index (χ1) is 31.6. The van der Waals surface area contributed by atoms with E-state index in [0.29, 0.717) is 0 Å². The van der Waals surface area contributed by atoms with Gasteiger partial charge in [0, 0.05) is 88.6 Å². The number of pyridine rings is 8. The van der Waals surface area contributed by atoms with Crippen molar-refractivity contribution in [1.29, 1.82) is 0 Å². The second-order valence-electron chi connectivity index (χ2n) is 17.3. The number of hydrogen-bond acceptors (Lipinski definition) is 8. The van der Waals surface area contributed by atoms with E-state index in [1.54, 1.807) is 0 Å². The zero-order valence-corrected chi connectivity index (χ0v) is 35.1. The number of fused-ring (bicyclic) bond motifs is 8. The monoisotopic (exact) mass is 824 g/mol. The quantitative estimate of drug-likeness (QED) is 0.139. The molecule has 8 aromatic heterocycles. The van der Waals surface area contributed by atoms with Crippen LogP contribution in [0.1, 0.15) is 45.6 Å². The fraction of sp³-hybridized carbons (Fsp3) is 0.143. The Morgan fingerprint density at radius 2 is 0.266 bits per heavy atom. The third-order valence-corrected chi connectivity index (χ3v) is 13.1. The highest BCUT2D eigenvalue weighted by Crippen LogP contribution is 2.29. The highest BCUT2D eigenvalue weighted by atomic mass is 14.8. The van der Waals surface area contributed by atoms with Crippen LogP contribution in [0.3, 0.4) is 0 Å². The third kappa shape index (κ3) is 6.61. The maximum atomic E-state index is 5.23. The van der Waals surface area contributed by atoms with Crippen molar-refractivity contribution in [3.63, 3.8) is 0 Å². The van der Waals surface area contributed by atoms with Crippen molar-refractivity contribution in [3.05, 3.63) is 191 Å². The van der Waals surface area contributed by atoms with Crippen molar-refractivity contribution in [2.45, 2.75) is 51.4 Å². The molecule has 0 saturated heterocycles. The van der Waals surface area contributed by atoms with Crippen LogP contribution >= 0.6 is 0 Å². The molecule has 8 nitrogen and oxygen atoms in total. The molecule has 0 fully saturated rings. The lowest BCUT2D eigenvalue weighted by molar-refractivity contribution is 0.886. The maximum absolute atomic E-state index is 5.23. The Bertz CT molecular complexity index is 3120. The molecule has 1 aliphatic heterocycles. The highest BCUT2D eigenvalue weighted by molar-refractivity contribution is 6.05. The molecule has 64 heavy (non-hydrogen) atoms. The first kappa shape index (κ1) is 36.8. The van der Waals surface area contributed by atoms with Gasteiger partial charge >= 0.3 is 0 Å². The molecule has 12 aromatic rings. The Balaban J connectivity index is 0.913. The molecule has 0 saturated carbocycles. The van der Waals surface area contributed by atoms with E-state index in [0.717, 1.165) is 184 Å². The average molecular weight is 825 g/mol. The summed E-state index contributed by atoms with van der Waals surface area (Å²) in [5.74, 6) is 0. The maximum Gasteiger partial charge on any atom is 0.0967 e. The van der Waals surface area contributed by atoms with Crippen LogP contribution in [0.15, 0.2) is 146 Å². The van der Waals surface area contributed by atoms with Crippen LogP contribution in [0.4, 0.5) is 0 Å². The number of aryl methyl sites for hydroxylation is 8. The molecule has 9 heterocycles. The van der Waals surface area contributed by atoms with Gasteiger partial charge in [-0.3, -0.25) is 39.9 Å². The summed E-state index contributed by atoms with van der Waals surface area (Å²) in [5, 5.41) is 8.69. The molecule has 0 radical (unpaired) electrons. The number of benzene rings is 4. The van der Waals surface area contributed by atoms with Gasteiger partial charge in [0.2, 0.25) is 0 Å². The van der Waals surface area contributed by atoms with Gasteiger partial charge in [-0.25, -0.2) is 0 Å². The largest absolute Gasteiger partial charge is 0.251 e. The van der Waals surface area contributed by atoms with Gasteiger partial charge in [-0.15, -0.1) is 0 Å². The zero-order chi connectivity index (χ0) is 42.1. The van der Waals surface area contributed by atoms with E-state index in [1.165, 1.54) is 0 Å². The Labute approximate surface area is 368 Å². The smallest absolute Gasteiger partial charge is 0.0967 e. The summed E-state index contributed by atoms with van der Waals surface area (Å²) in [6.07, 6.45) is 6.09. The van der Waals surface area contributed by atoms with Crippen LogP contribution in [0.2, 0.25) is 0 Å². The Morgan fingerprint density at radius 3 is 0.391 bits per heavy atom. The molecule has 0 spiro atoms. The third-order valence-electron chi connectivity index (χ3n) is 13.1. The van der Waals surface area contributed by atoms with E-state index in [-0.39, 0.29) is 0 Å². The van der Waals surface area contributed by atoms with Crippen LogP contribution in [0, 0.1) is 0 Å². The minimum absolute atomic E-state index is 0.761. The van der Waals surface area contributed by atoms with Crippen LogP contribution in [0.25, 0.3) is 87.2 Å². The molecule has 0 aliphatic carbocycles. The number of aromatic nitrogens is 8. The lowest BCUT2D eigenvalue weighted by Crippen LogP contribution is -2.01. The van der Waals surface area contributed by atoms with E-state index < -0.39 is 0 Å². The number of hydrogen-bond donors (Lipinski definition) is 0. The Hall–Kier alpha value is -7.84. The van der Waals surface area contributed by atoms with Crippen molar-refractivity contribution in [3.8, 4) is 0 Å². The number of rotatable bonds is 0. The standard InChI is InChI=1S/C56H40N8/c1-2-34-10-18-42-27-28-44-20-12-36-5-6-38-14-22-46(62-54(38)53(36)60-44)31-32-48-24-16-40-8-7-39-15-23-47(63-55(39)56(40)64-48)30-29-45-21-13-37-4-3-35-11-19-43(59-51(35)52(37)61-45)26-25-41-17-9-33(1)49(57-41)50(34)58-42/h1-24H,25-32H2. The van der Waals surface area contributed by atoms with Gasteiger partial charge in [-0.1, -0.05) is 97.1 Å². The van der Waals surface area contributed by atoms with Gasteiger partial charge < -0.3 is 0 Å². The van der Waals surface area contributed by atoms with Crippen molar-refractivity contribution in [1.82, 2.24) is 39.9 Å². The normalized spacial score (nSPS) is 13.8. The predicted octanol–water partition coefficient (Wildman–Crippen LogP) is 11.5. The van der Waals surface area contributed by atoms with Crippen molar-refractivity contribution in [2.24, 2.45) is 0 Å². The van der Waals surface area contributed by atoms with E-state index in [4.69, 9.17) is 39.9 Å². The predicted molar refractivity (Wildman–Crippen MR) is 258 cm³/mol. The Morgan fingerprint density at radius 1 is 0.156 bits per heavy atom. The molecule has 304 valence electrons. The summed E-state index contributed by atoms with van der Waals surface area (Å²) >= 11 is 0. The van der Waals surface area contributed by atoms with E-state index in [9.17, 15) is 0 Å². The summed E-state index contributed by atoms with van der Waals surface area (Å²) in [6, 6.07) is 51.7. The second-order valence-corrected chi connectivity index (χ2v) is 17.3. The van der Waals surface area contributed by atoms with E-state index in [1.807, 2.05) is 0 Å². The van der Waals surface area contributed by atoms with Gasteiger partial charge in [-0.2, -0.15) is 0 Å². The minimum atomic E-state index is 0.761. The van der Waals surface area contributed by atoms with Crippen LogP contribution < -0.4 is 0 Å². The fourth-order valence-corrected chi connectivity index (χ4v) is 9.53. The number of nitrogens with zero attached hydrogens (tertiary/aromatic N) is 8. The van der Waals surface area contributed by atoms with Gasteiger partial charge in [-0.05, 0) is 99.9 Å². The topological polar surface area (TPSA) is 103 Å². The van der Waals surface area contributed by atoms with Gasteiger partial charge in [0.15, 0.2) is 0 Å². The molecular formula is C56H40N8. The van der Waals surface area contributed by atoms with Gasteiger partial charge in [0.05, 0.1) is 44.1 Å². The van der Waals surface area contributed by atoms with Crippen LogP contribution in [-0.4, -0.2) is 39.9 Å². The molecule has 0 atom stereocenters. The lowest BCUT2D eigenvalue weighted by Gasteiger charge is -2.10. The molecule has 8 heteroatoms. The Kier molecular flexibility index (Phi) is 8.57. The molecule has 4 aromatic carbocycles. The lowest BCUT2D eigenvalue weighted by atomic mass is 10.0. The van der Waals surface area contributed by atoms with Gasteiger partial charge in [0.25, 0.3) is 0 Å². The first-order valence-electron chi connectivity index (χ1n) is 22.3. The van der Waals surface area contributed by atoms with Gasteiger partial charge in [0.1, 0.15) is 0 Å². The van der Waals surface area contributed by atoms with Crippen LogP contribution in [0.5, 0.6) is 0 Å². The molecular weight excluding hydrogens is 785 g/mol. The minimum Gasteiger partial charge on any atom is -0.251 e. The molecule has 1 aliphatic rings. The molecule has 0 unspecified atom stereocenters. The molecule has 0 amide bonds. The zero-order valence-electron chi connectivity index (χ0n) is 35.1. The first-order valence-corrected chi connectivity index (χ1v) is 22.3. The molecule has 16 bridgehead atoms. The van der Waals surface area contributed by atoms with E-state index >= 15 is 0 Å². The second kappa shape index (κ2) is 14.9.